The first kappa shape index (κ1) is 15.5. The van der Waals surface area contributed by atoms with Crippen LogP contribution >= 0.6 is 0 Å². The third-order valence-electron chi connectivity index (χ3n) is 2.58. The van der Waals surface area contributed by atoms with Crippen LogP contribution in [0.3, 0.4) is 0 Å². The van der Waals surface area contributed by atoms with Crippen LogP contribution in [-0.4, -0.2) is 18.3 Å². The van der Waals surface area contributed by atoms with E-state index >= 15 is 0 Å². The molecular weight excluding hydrogens is 243 g/mol. The van der Waals surface area contributed by atoms with Crippen LogP contribution in [-0.2, 0) is 0 Å². The van der Waals surface area contributed by atoms with Crippen molar-refractivity contribution in [2.45, 2.75) is 33.1 Å². The SMILES string of the molecule is CC(C)CCCOc1ccc(F)cc1C#CCCO. The summed E-state index contributed by atoms with van der Waals surface area (Å²) in [4.78, 5) is 0. The van der Waals surface area contributed by atoms with Gasteiger partial charge in [-0.2, -0.15) is 0 Å². The fourth-order valence-electron chi connectivity index (χ4n) is 1.61. The highest BCUT2D eigenvalue weighted by Gasteiger charge is 2.03. The number of aliphatic hydroxyl groups is 1. The molecule has 0 unspecified atom stereocenters. The van der Waals surface area contributed by atoms with Crippen molar-refractivity contribution in [3.05, 3.63) is 29.6 Å². The zero-order valence-corrected chi connectivity index (χ0v) is 11.6. The molecule has 0 saturated heterocycles. The van der Waals surface area contributed by atoms with E-state index in [1.807, 2.05) is 0 Å². The van der Waals surface area contributed by atoms with Crippen molar-refractivity contribution in [1.29, 1.82) is 0 Å². The molecule has 0 radical (unpaired) electrons. The van der Waals surface area contributed by atoms with E-state index in [-0.39, 0.29) is 12.4 Å². The van der Waals surface area contributed by atoms with Crippen LogP contribution in [0.15, 0.2) is 18.2 Å². The smallest absolute Gasteiger partial charge is 0.135 e. The van der Waals surface area contributed by atoms with Crippen LogP contribution in [0, 0.1) is 23.6 Å². The first-order valence-electron chi connectivity index (χ1n) is 6.65. The van der Waals surface area contributed by atoms with Crippen molar-refractivity contribution in [1.82, 2.24) is 0 Å². The number of hydrogen-bond donors (Lipinski definition) is 1. The maximum absolute atomic E-state index is 13.2. The summed E-state index contributed by atoms with van der Waals surface area (Å²) >= 11 is 0. The van der Waals surface area contributed by atoms with Gasteiger partial charge >= 0.3 is 0 Å². The zero-order chi connectivity index (χ0) is 14.1. The molecular formula is C16H21FO2. The summed E-state index contributed by atoms with van der Waals surface area (Å²) in [5, 5.41) is 8.69. The molecule has 0 aliphatic heterocycles. The molecule has 0 aliphatic carbocycles. The summed E-state index contributed by atoms with van der Waals surface area (Å²) in [6.07, 6.45) is 2.45. The maximum Gasteiger partial charge on any atom is 0.135 e. The van der Waals surface area contributed by atoms with Gasteiger partial charge in [-0.3, -0.25) is 0 Å². The molecule has 19 heavy (non-hydrogen) atoms. The predicted molar refractivity (Wildman–Crippen MR) is 74.5 cm³/mol. The topological polar surface area (TPSA) is 29.5 Å². The van der Waals surface area contributed by atoms with E-state index in [4.69, 9.17) is 9.84 Å². The second-order valence-electron chi connectivity index (χ2n) is 4.80. The zero-order valence-electron chi connectivity index (χ0n) is 11.6. The van der Waals surface area contributed by atoms with Crippen molar-refractivity contribution in [2.75, 3.05) is 13.2 Å². The second-order valence-corrected chi connectivity index (χ2v) is 4.80. The van der Waals surface area contributed by atoms with Crippen LogP contribution in [0.25, 0.3) is 0 Å². The van der Waals surface area contributed by atoms with Crippen molar-refractivity contribution >= 4 is 0 Å². The fourth-order valence-corrected chi connectivity index (χ4v) is 1.61. The number of aliphatic hydroxyl groups excluding tert-OH is 1. The van der Waals surface area contributed by atoms with Gasteiger partial charge in [-0.1, -0.05) is 25.7 Å². The van der Waals surface area contributed by atoms with E-state index < -0.39 is 0 Å². The monoisotopic (exact) mass is 264 g/mol. The molecule has 1 rings (SSSR count). The first-order valence-corrected chi connectivity index (χ1v) is 6.65. The van der Waals surface area contributed by atoms with Crippen molar-refractivity contribution in [3.8, 4) is 17.6 Å². The van der Waals surface area contributed by atoms with Crippen LogP contribution in [0.1, 0.15) is 38.7 Å². The van der Waals surface area contributed by atoms with Gasteiger partial charge in [0.1, 0.15) is 11.6 Å². The molecule has 0 saturated carbocycles. The third kappa shape index (κ3) is 6.26. The quantitative estimate of drug-likeness (QED) is 0.630. The lowest BCUT2D eigenvalue weighted by molar-refractivity contribution is 0.296. The molecule has 0 heterocycles. The van der Waals surface area contributed by atoms with E-state index in [1.165, 1.54) is 12.1 Å². The van der Waals surface area contributed by atoms with Gasteiger partial charge in [0, 0.05) is 6.42 Å². The van der Waals surface area contributed by atoms with E-state index in [0.717, 1.165) is 12.8 Å². The highest BCUT2D eigenvalue weighted by atomic mass is 19.1. The van der Waals surface area contributed by atoms with Gasteiger partial charge < -0.3 is 9.84 Å². The number of ether oxygens (including phenoxy) is 1. The van der Waals surface area contributed by atoms with Gasteiger partial charge in [-0.15, -0.1) is 0 Å². The Morgan fingerprint density at radius 3 is 2.84 bits per heavy atom. The number of rotatable bonds is 6. The Kier molecular flexibility index (Phi) is 6.99. The third-order valence-corrected chi connectivity index (χ3v) is 2.58. The van der Waals surface area contributed by atoms with Gasteiger partial charge in [0.25, 0.3) is 0 Å². The summed E-state index contributed by atoms with van der Waals surface area (Å²) < 4.78 is 18.8. The molecule has 0 bridgehead atoms. The summed E-state index contributed by atoms with van der Waals surface area (Å²) in [7, 11) is 0. The number of halogens is 1. The largest absolute Gasteiger partial charge is 0.492 e. The lowest BCUT2D eigenvalue weighted by Crippen LogP contribution is -2.01. The molecule has 104 valence electrons. The number of benzene rings is 1. The van der Waals surface area contributed by atoms with Crippen LogP contribution in [0.5, 0.6) is 5.75 Å². The Morgan fingerprint density at radius 2 is 2.16 bits per heavy atom. The van der Waals surface area contributed by atoms with E-state index in [0.29, 0.717) is 30.3 Å². The summed E-state index contributed by atoms with van der Waals surface area (Å²) in [6.45, 7) is 4.96. The van der Waals surface area contributed by atoms with Gasteiger partial charge in [0.15, 0.2) is 0 Å². The molecule has 1 aromatic rings. The summed E-state index contributed by atoms with van der Waals surface area (Å²) in [5.74, 6) is 6.54. The minimum Gasteiger partial charge on any atom is -0.492 e. The van der Waals surface area contributed by atoms with Crippen LogP contribution in [0.2, 0.25) is 0 Å². The molecule has 1 aromatic carbocycles. The molecule has 1 N–H and O–H groups in total. The highest BCUT2D eigenvalue weighted by molar-refractivity contribution is 5.46. The first-order chi connectivity index (χ1) is 9.13. The Bertz CT molecular complexity index is 444. The van der Waals surface area contributed by atoms with E-state index in [2.05, 4.69) is 25.7 Å². The molecule has 0 atom stereocenters. The lowest BCUT2D eigenvalue weighted by atomic mass is 10.1. The molecule has 2 nitrogen and oxygen atoms in total. The molecule has 0 aromatic heterocycles. The van der Waals surface area contributed by atoms with Crippen LogP contribution in [0.4, 0.5) is 4.39 Å². The standard InChI is InChI=1S/C16H21FO2/c1-13(2)6-5-11-19-16-9-8-15(17)12-14(16)7-3-4-10-18/h8-9,12-13,18H,4-6,10-11H2,1-2H3. The molecule has 0 aliphatic rings. The maximum atomic E-state index is 13.2. The summed E-state index contributed by atoms with van der Waals surface area (Å²) in [6, 6.07) is 4.34. The average molecular weight is 264 g/mol. The minimum absolute atomic E-state index is 0.00684. The van der Waals surface area contributed by atoms with Crippen molar-refractivity contribution in [2.24, 2.45) is 5.92 Å². The molecule has 0 fully saturated rings. The second kappa shape index (κ2) is 8.55. The van der Waals surface area contributed by atoms with Crippen molar-refractivity contribution < 1.29 is 14.2 Å². The van der Waals surface area contributed by atoms with E-state index in [9.17, 15) is 4.39 Å². The number of hydrogen-bond acceptors (Lipinski definition) is 2. The predicted octanol–water partition coefficient (Wildman–Crippen LogP) is 3.37. The van der Waals surface area contributed by atoms with Gasteiger partial charge in [-0.25, -0.2) is 4.39 Å². The summed E-state index contributed by atoms with van der Waals surface area (Å²) in [5.41, 5.74) is 0.540. The highest BCUT2D eigenvalue weighted by Crippen LogP contribution is 2.19. The van der Waals surface area contributed by atoms with Crippen molar-refractivity contribution in [3.63, 3.8) is 0 Å². The molecule has 0 spiro atoms. The Morgan fingerprint density at radius 1 is 1.37 bits per heavy atom. The molecule has 3 heteroatoms. The van der Waals surface area contributed by atoms with E-state index in [1.54, 1.807) is 6.07 Å². The normalized spacial score (nSPS) is 10.2. The Balaban J connectivity index is 2.64. The van der Waals surface area contributed by atoms with Gasteiger partial charge in [0.05, 0.1) is 18.8 Å². The fraction of sp³-hybridized carbons (Fsp3) is 0.500. The Labute approximate surface area is 114 Å². The minimum atomic E-state index is -0.331. The Hall–Kier alpha value is -1.53. The lowest BCUT2D eigenvalue weighted by Gasteiger charge is -2.09. The molecule has 0 amide bonds. The van der Waals surface area contributed by atoms with Gasteiger partial charge in [0.2, 0.25) is 0 Å². The van der Waals surface area contributed by atoms with Gasteiger partial charge in [-0.05, 0) is 37.0 Å². The average Bonchev–Trinajstić information content (AvgIpc) is 2.36. The van der Waals surface area contributed by atoms with Crippen LogP contribution < -0.4 is 4.74 Å².